The highest BCUT2D eigenvalue weighted by molar-refractivity contribution is 7.98. The molecule has 138 valence electrons. The summed E-state index contributed by atoms with van der Waals surface area (Å²) in [5.41, 5.74) is 4.08. The summed E-state index contributed by atoms with van der Waals surface area (Å²) < 4.78 is 3.79. The van der Waals surface area contributed by atoms with Crippen molar-refractivity contribution in [2.24, 2.45) is 0 Å². The van der Waals surface area contributed by atoms with Crippen LogP contribution in [0.15, 0.2) is 47.0 Å². The van der Waals surface area contributed by atoms with Crippen LogP contribution in [0.3, 0.4) is 0 Å². The summed E-state index contributed by atoms with van der Waals surface area (Å²) in [6.07, 6.45) is 3.79. The fraction of sp³-hybridized carbons (Fsp3) is 0.250. The van der Waals surface area contributed by atoms with E-state index in [-0.39, 0.29) is 5.56 Å². The molecule has 0 unspecified atom stereocenters. The molecular weight excluding hydrogens is 376 g/mol. The lowest BCUT2D eigenvalue weighted by molar-refractivity contribution is 0.672. The number of rotatable bonds is 5. The van der Waals surface area contributed by atoms with Gasteiger partial charge in [0, 0.05) is 29.1 Å². The minimum absolute atomic E-state index is 0.00935. The van der Waals surface area contributed by atoms with Gasteiger partial charge in [-0.1, -0.05) is 23.9 Å². The Bertz CT molecular complexity index is 1230. The number of imidazole rings is 1. The number of aryl methyl sites for hydroxylation is 3. The third-order valence-corrected chi connectivity index (χ3v) is 6.77. The Labute approximate surface area is 165 Å². The standard InChI is InChI=1S/C20H20N4OS2/c1-5-9-23-19(25)17-13(3)14(4)27-18(17)22-20(23)26-11-15-10-24-12(2)7-6-8-16(24)21-15/h5-8,10H,1,9,11H2,2-4H3. The molecule has 0 bridgehead atoms. The molecule has 4 aromatic heterocycles. The molecular formula is C20H20N4OS2. The van der Waals surface area contributed by atoms with E-state index >= 15 is 0 Å². The minimum Gasteiger partial charge on any atom is -0.304 e. The molecule has 4 aromatic rings. The lowest BCUT2D eigenvalue weighted by Crippen LogP contribution is -2.22. The molecule has 4 heterocycles. The van der Waals surface area contributed by atoms with Gasteiger partial charge in [-0.3, -0.25) is 9.36 Å². The van der Waals surface area contributed by atoms with Gasteiger partial charge in [-0.15, -0.1) is 17.9 Å². The Morgan fingerprint density at radius 3 is 2.81 bits per heavy atom. The van der Waals surface area contributed by atoms with Crippen LogP contribution in [-0.2, 0) is 12.3 Å². The fourth-order valence-electron chi connectivity index (χ4n) is 3.12. The molecule has 0 spiro atoms. The first kappa shape index (κ1) is 18.0. The molecule has 0 N–H and O–H groups in total. The molecule has 0 atom stereocenters. The summed E-state index contributed by atoms with van der Waals surface area (Å²) in [5, 5.41) is 1.44. The normalized spacial score (nSPS) is 11.5. The van der Waals surface area contributed by atoms with Crippen molar-refractivity contribution in [3.8, 4) is 0 Å². The number of nitrogens with zero attached hydrogens (tertiary/aromatic N) is 4. The van der Waals surface area contributed by atoms with Gasteiger partial charge in [0.25, 0.3) is 5.56 Å². The van der Waals surface area contributed by atoms with Crippen molar-refractivity contribution in [3.63, 3.8) is 0 Å². The Hall–Kier alpha value is -2.38. The lowest BCUT2D eigenvalue weighted by Gasteiger charge is -2.09. The van der Waals surface area contributed by atoms with Gasteiger partial charge >= 0.3 is 0 Å². The number of fused-ring (bicyclic) bond motifs is 2. The Morgan fingerprint density at radius 1 is 1.26 bits per heavy atom. The minimum atomic E-state index is 0.00935. The molecule has 27 heavy (non-hydrogen) atoms. The molecule has 0 aliphatic carbocycles. The molecule has 0 radical (unpaired) electrons. The largest absolute Gasteiger partial charge is 0.304 e. The Morgan fingerprint density at radius 2 is 2.07 bits per heavy atom. The number of thiophene rings is 1. The zero-order chi connectivity index (χ0) is 19.1. The highest BCUT2D eigenvalue weighted by atomic mass is 32.2. The van der Waals surface area contributed by atoms with Crippen LogP contribution in [0.2, 0.25) is 0 Å². The molecule has 4 rings (SSSR count). The molecule has 0 amide bonds. The molecule has 0 aliphatic rings. The van der Waals surface area contributed by atoms with Gasteiger partial charge in [0.2, 0.25) is 0 Å². The van der Waals surface area contributed by atoms with Crippen molar-refractivity contribution in [2.45, 2.75) is 38.2 Å². The van der Waals surface area contributed by atoms with Gasteiger partial charge in [-0.05, 0) is 38.5 Å². The second kappa shape index (κ2) is 6.98. The first-order chi connectivity index (χ1) is 13.0. The average molecular weight is 397 g/mol. The van der Waals surface area contributed by atoms with E-state index < -0.39 is 0 Å². The maximum absolute atomic E-state index is 13.0. The van der Waals surface area contributed by atoms with E-state index in [9.17, 15) is 4.79 Å². The van der Waals surface area contributed by atoms with E-state index in [1.54, 1.807) is 33.7 Å². The van der Waals surface area contributed by atoms with Crippen molar-refractivity contribution in [3.05, 3.63) is 69.2 Å². The molecule has 7 heteroatoms. The van der Waals surface area contributed by atoms with E-state index in [0.29, 0.717) is 17.5 Å². The molecule has 0 saturated heterocycles. The van der Waals surface area contributed by atoms with Crippen molar-refractivity contribution >= 4 is 39.0 Å². The van der Waals surface area contributed by atoms with Crippen LogP contribution >= 0.6 is 23.1 Å². The van der Waals surface area contributed by atoms with Crippen molar-refractivity contribution < 1.29 is 0 Å². The highest BCUT2D eigenvalue weighted by Crippen LogP contribution is 2.29. The van der Waals surface area contributed by atoms with Crippen molar-refractivity contribution in [1.82, 2.24) is 18.9 Å². The van der Waals surface area contributed by atoms with Gasteiger partial charge in [0.05, 0.1) is 11.1 Å². The molecule has 0 aromatic carbocycles. The van der Waals surface area contributed by atoms with E-state index in [2.05, 4.69) is 29.0 Å². The smallest absolute Gasteiger partial charge is 0.263 e. The maximum atomic E-state index is 13.0. The summed E-state index contributed by atoms with van der Waals surface area (Å²) in [7, 11) is 0. The number of thioether (sulfide) groups is 1. The van der Waals surface area contributed by atoms with Gasteiger partial charge in [-0.2, -0.15) is 0 Å². The third kappa shape index (κ3) is 3.11. The predicted molar refractivity (Wildman–Crippen MR) is 113 cm³/mol. The van der Waals surface area contributed by atoms with E-state index in [4.69, 9.17) is 4.98 Å². The second-order valence-electron chi connectivity index (χ2n) is 6.48. The van der Waals surface area contributed by atoms with Gasteiger partial charge in [-0.25, -0.2) is 9.97 Å². The topological polar surface area (TPSA) is 52.2 Å². The third-order valence-electron chi connectivity index (χ3n) is 4.66. The van der Waals surface area contributed by atoms with Crippen molar-refractivity contribution in [1.29, 1.82) is 0 Å². The molecule has 5 nitrogen and oxygen atoms in total. The second-order valence-corrected chi connectivity index (χ2v) is 8.62. The summed E-state index contributed by atoms with van der Waals surface area (Å²) in [6.45, 7) is 10.3. The molecule has 0 fully saturated rings. The number of aromatic nitrogens is 4. The first-order valence-corrected chi connectivity index (χ1v) is 10.5. The van der Waals surface area contributed by atoms with Crippen LogP contribution in [0.1, 0.15) is 21.8 Å². The first-order valence-electron chi connectivity index (χ1n) is 8.67. The highest BCUT2D eigenvalue weighted by Gasteiger charge is 2.16. The quantitative estimate of drug-likeness (QED) is 0.283. The SMILES string of the molecule is C=CCn1c(SCc2cn3c(C)cccc3n2)nc2sc(C)c(C)c2c1=O. The van der Waals surface area contributed by atoms with Crippen LogP contribution in [0.25, 0.3) is 15.9 Å². The zero-order valence-electron chi connectivity index (χ0n) is 15.5. The summed E-state index contributed by atoms with van der Waals surface area (Å²) in [4.78, 5) is 24.4. The van der Waals surface area contributed by atoms with Crippen LogP contribution in [0.4, 0.5) is 0 Å². The summed E-state index contributed by atoms with van der Waals surface area (Å²) in [5.74, 6) is 0.652. The van der Waals surface area contributed by atoms with E-state index in [1.165, 1.54) is 0 Å². The van der Waals surface area contributed by atoms with Crippen LogP contribution in [-0.4, -0.2) is 18.9 Å². The van der Waals surface area contributed by atoms with Crippen LogP contribution in [0.5, 0.6) is 0 Å². The Balaban J connectivity index is 1.73. The number of hydrogen-bond acceptors (Lipinski definition) is 5. The summed E-state index contributed by atoms with van der Waals surface area (Å²) >= 11 is 3.12. The number of pyridine rings is 1. The van der Waals surface area contributed by atoms with Gasteiger partial charge in [0.1, 0.15) is 10.5 Å². The van der Waals surface area contributed by atoms with Crippen LogP contribution in [0, 0.1) is 20.8 Å². The van der Waals surface area contributed by atoms with Crippen molar-refractivity contribution in [2.75, 3.05) is 0 Å². The fourth-order valence-corrected chi connectivity index (χ4v) is 5.08. The van der Waals surface area contributed by atoms with E-state index in [0.717, 1.165) is 37.7 Å². The summed E-state index contributed by atoms with van der Waals surface area (Å²) in [6, 6.07) is 6.06. The zero-order valence-corrected chi connectivity index (χ0v) is 17.2. The van der Waals surface area contributed by atoms with E-state index in [1.807, 2.05) is 32.2 Å². The number of hydrogen-bond donors (Lipinski definition) is 0. The van der Waals surface area contributed by atoms with Gasteiger partial charge < -0.3 is 4.40 Å². The average Bonchev–Trinajstić information content (AvgIpc) is 3.18. The monoisotopic (exact) mass is 396 g/mol. The number of allylic oxidation sites excluding steroid dienone is 1. The molecule has 0 saturated carbocycles. The maximum Gasteiger partial charge on any atom is 0.263 e. The lowest BCUT2D eigenvalue weighted by atomic mass is 10.2. The predicted octanol–water partition coefficient (Wildman–Crippen LogP) is 4.51. The Kier molecular flexibility index (Phi) is 4.65. The molecule has 0 aliphatic heterocycles. The van der Waals surface area contributed by atoms with Crippen LogP contribution < -0.4 is 5.56 Å². The van der Waals surface area contributed by atoms with Gasteiger partial charge in [0.15, 0.2) is 5.16 Å².